The highest BCUT2D eigenvalue weighted by Crippen LogP contribution is 2.28. The summed E-state index contributed by atoms with van der Waals surface area (Å²) >= 11 is 1.29. The summed E-state index contributed by atoms with van der Waals surface area (Å²) < 4.78 is 34.3. The van der Waals surface area contributed by atoms with E-state index in [4.69, 9.17) is 9.84 Å². The van der Waals surface area contributed by atoms with Gasteiger partial charge in [-0.1, -0.05) is 60.7 Å². The van der Waals surface area contributed by atoms with Crippen molar-refractivity contribution in [2.75, 3.05) is 31.6 Å². The number of thiazole rings is 1. The zero-order chi connectivity index (χ0) is 28.9. The summed E-state index contributed by atoms with van der Waals surface area (Å²) in [5, 5.41) is 9.85. The molecule has 3 heterocycles. The van der Waals surface area contributed by atoms with Crippen LogP contribution in [0.4, 0.5) is 5.13 Å². The van der Waals surface area contributed by atoms with E-state index in [1.54, 1.807) is 35.0 Å². The third kappa shape index (κ3) is 6.09. The van der Waals surface area contributed by atoms with E-state index in [0.717, 1.165) is 28.1 Å². The third-order valence-corrected chi connectivity index (χ3v) is 9.39. The molecule has 1 fully saturated rings. The molecule has 1 amide bonds. The van der Waals surface area contributed by atoms with Crippen LogP contribution in [0.2, 0.25) is 0 Å². The fraction of sp³-hybridized carbons (Fsp3) is 0.129. The topological polar surface area (TPSA) is 106 Å². The summed E-state index contributed by atoms with van der Waals surface area (Å²) in [7, 11) is -3.57. The minimum absolute atomic E-state index is 0.229. The summed E-state index contributed by atoms with van der Waals surface area (Å²) in [6.07, 6.45) is 5.10. The number of carbonyl (C=O) groups excluding carboxylic acids is 1. The molecule has 11 heteroatoms. The van der Waals surface area contributed by atoms with E-state index in [9.17, 15) is 13.2 Å². The maximum absolute atomic E-state index is 12.9. The zero-order valence-electron chi connectivity index (χ0n) is 22.5. The summed E-state index contributed by atoms with van der Waals surface area (Å²) in [4.78, 5) is 17.6. The van der Waals surface area contributed by atoms with Gasteiger partial charge in [0, 0.05) is 47.4 Å². The van der Waals surface area contributed by atoms with Crippen molar-refractivity contribution in [3.05, 3.63) is 108 Å². The number of para-hydroxylation sites is 1. The minimum atomic E-state index is -3.57. The summed E-state index contributed by atoms with van der Waals surface area (Å²) in [6, 6.07) is 26.2. The highest BCUT2D eigenvalue weighted by atomic mass is 32.2. The van der Waals surface area contributed by atoms with Gasteiger partial charge >= 0.3 is 0 Å². The Bertz CT molecular complexity index is 1810. The summed E-state index contributed by atoms with van der Waals surface area (Å²) in [6.45, 7) is 1.48. The Morgan fingerprint density at radius 1 is 0.905 bits per heavy atom. The van der Waals surface area contributed by atoms with Crippen molar-refractivity contribution in [1.82, 2.24) is 19.1 Å². The lowest BCUT2D eigenvalue weighted by Gasteiger charge is -2.26. The number of hydrogen-bond acceptors (Lipinski definition) is 7. The van der Waals surface area contributed by atoms with Crippen molar-refractivity contribution < 1.29 is 17.9 Å². The molecule has 2 aromatic heterocycles. The largest absolute Gasteiger partial charge is 0.379 e. The highest BCUT2D eigenvalue weighted by molar-refractivity contribution is 7.89. The summed E-state index contributed by atoms with van der Waals surface area (Å²) in [5.74, 6) is -0.325. The Hall–Kier alpha value is -4.42. The second kappa shape index (κ2) is 12.2. The van der Waals surface area contributed by atoms with Crippen molar-refractivity contribution in [2.45, 2.75) is 4.90 Å². The maximum atomic E-state index is 12.9. The smallest absolute Gasteiger partial charge is 0.250 e. The minimum Gasteiger partial charge on any atom is -0.379 e. The molecule has 0 saturated carbocycles. The molecule has 1 saturated heterocycles. The van der Waals surface area contributed by atoms with Gasteiger partial charge in [-0.3, -0.25) is 10.1 Å². The number of nitrogens with zero attached hydrogens (tertiary/aromatic N) is 4. The average Bonchev–Trinajstić information content (AvgIpc) is 3.69. The molecule has 6 rings (SSSR count). The normalized spacial score (nSPS) is 14.3. The molecule has 212 valence electrons. The quantitative estimate of drug-likeness (QED) is 0.242. The first-order valence-corrected chi connectivity index (χ1v) is 15.6. The van der Waals surface area contributed by atoms with Crippen molar-refractivity contribution in [1.29, 1.82) is 0 Å². The van der Waals surface area contributed by atoms with Crippen LogP contribution in [-0.4, -0.2) is 59.7 Å². The number of benzene rings is 3. The second-order valence-corrected chi connectivity index (χ2v) is 12.3. The molecule has 1 N–H and O–H groups in total. The van der Waals surface area contributed by atoms with Gasteiger partial charge in [-0.05, 0) is 30.3 Å². The van der Waals surface area contributed by atoms with Crippen LogP contribution >= 0.6 is 11.3 Å². The molecule has 0 bridgehead atoms. The van der Waals surface area contributed by atoms with E-state index in [1.165, 1.54) is 21.7 Å². The number of rotatable bonds is 8. The first-order valence-electron chi connectivity index (χ1n) is 13.3. The Morgan fingerprint density at radius 3 is 2.31 bits per heavy atom. The Morgan fingerprint density at radius 2 is 1.60 bits per heavy atom. The van der Waals surface area contributed by atoms with Gasteiger partial charge in [0.1, 0.15) is 0 Å². The molecule has 0 spiro atoms. The average molecular weight is 598 g/mol. The van der Waals surface area contributed by atoms with E-state index in [1.807, 2.05) is 72.2 Å². The molecular weight excluding hydrogens is 571 g/mol. The number of ether oxygens (including phenoxy) is 1. The molecule has 9 nitrogen and oxygen atoms in total. The van der Waals surface area contributed by atoms with Crippen LogP contribution in [0.1, 0.15) is 5.56 Å². The molecule has 3 aromatic carbocycles. The van der Waals surface area contributed by atoms with Crippen LogP contribution in [0.3, 0.4) is 0 Å². The zero-order valence-corrected chi connectivity index (χ0v) is 24.1. The Balaban J connectivity index is 1.16. The molecule has 5 aromatic rings. The van der Waals surface area contributed by atoms with E-state index in [-0.39, 0.29) is 10.8 Å². The van der Waals surface area contributed by atoms with Gasteiger partial charge in [-0.15, -0.1) is 11.3 Å². The van der Waals surface area contributed by atoms with Crippen molar-refractivity contribution in [2.24, 2.45) is 0 Å². The Kier molecular flexibility index (Phi) is 8.06. The first kappa shape index (κ1) is 27.7. The summed E-state index contributed by atoms with van der Waals surface area (Å²) in [5.41, 5.74) is 4.82. The second-order valence-electron chi connectivity index (χ2n) is 9.48. The SMILES string of the molecule is O=C(C=Cc1cn(-c2ccccc2)nc1-c1ccccc1)Nc1nc(-c2ccc(S(=O)(=O)N3CCOCC3)cc2)cs1. The van der Waals surface area contributed by atoms with Crippen LogP contribution in [-0.2, 0) is 19.6 Å². The standard InChI is InChI=1S/C31H27N5O4S2/c37-29(16-13-25-21-36(26-9-5-2-6-10-26)34-30(25)24-7-3-1-4-8-24)33-31-32-28(22-41-31)23-11-14-27(15-12-23)42(38,39)35-17-19-40-20-18-35/h1-16,21-22H,17-20H2,(H,32,33,37). The fourth-order valence-electron chi connectivity index (χ4n) is 4.55. The van der Waals surface area contributed by atoms with Gasteiger partial charge in [0.2, 0.25) is 15.9 Å². The fourth-order valence-corrected chi connectivity index (χ4v) is 6.68. The first-order chi connectivity index (χ1) is 20.5. The van der Waals surface area contributed by atoms with Gasteiger partial charge in [0.05, 0.1) is 35.2 Å². The van der Waals surface area contributed by atoms with Crippen molar-refractivity contribution in [3.8, 4) is 28.2 Å². The molecule has 0 aliphatic carbocycles. The molecular formula is C31H27N5O4S2. The van der Waals surface area contributed by atoms with Gasteiger partial charge in [-0.2, -0.15) is 9.40 Å². The van der Waals surface area contributed by atoms with E-state index in [2.05, 4.69) is 10.3 Å². The lowest BCUT2D eigenvalue weighted by atomic mass is 10.1. The number of aromatic nitrogens is 3. The van der Waals surface area contributed by atoms with Crippen molar-refractivity contribution in [3.63, 3.8) is 0 Å². The monoisotopic (exact) mass is 597 g/mol. The van der Waals surface area contributed by atoms with Crippen LogP contribution in [0.5, 0.6) is 0 Å². The molecule has 0 unspecified atom stereocenters. The van der Waals surface area contributed by atoms with Crippen molar-refractivity contribution >= 4 is 38.5 Å². The molecule has 0 radical (unpaired) electrons. The van der Waals surface area contributed by atoms with E-state index >= 15 is 0 Å². The number of hydrogen-bond donors (Lipinski definition) is 1. The predicted octanol–water partition coefficient (Wildman–Crippen LogP) is 5.34. The van der Waals surface area contributed by atoms with Gasteiger partial charge in [-0.25, -0.2) is 18.1 Å². The number of sulfonamides is 1. The van der Waals surface area contributed by atoms with Gasteiger partial charge in [0.25, 0.3) is 0 Å². The maximum Gasteiger partial charge on any atom is 0.250 e. The van der Waals surface area contributed by atoms with Crippen LogP contribution in [0.15, 0.2) is 107 Å². The van der Waals surface area contributed by atoms with E-state index < -0.39 is 10.0 Å². The van der Waals surface area contributed by atoms with Crippen LogP contribution < -0.4 is 5.32 Å². The number of carbonyl (C=O) groups is 1. The van der Waals surface area contributed by atoms with Crippen LogP contribution in [0.25, 0.3) is 34.3 Å². The molecule has 0 atom stereocenters. The number of amides is 1. The molecule has 1 aliphatic rings. The number of nitrogens with one attached hydrogen (secondary N) is 1. The lowest BCUT2D eigenvalue weighted by molar-refractivity contribution is -0.111. The number of anilines is 1. The van der Waals surface area contributed by atoms with Gasteiger partial charge < -0.3 is 4.74 Å². The van der Waals surface area contributed by atoms with Crippen LogP contribution in [0, 0.1) is 0 Å². The highest BCUT2D eigenvalue weighted by Gasteiger charge is 2.26. The molecule has 42 heavy (non-hydrogen) atoms. The van der Waals surface area contributed by atoms with E-state index in [0.29, 0.717) is 37.1 Å². The third-order valence-electron chi connectivity index (χ3n) is 6.72. The molecule has 1 aliphatic heterocycles. The van der Waals surface area contributed by atoms with Gasteiger partial charge in [0.15, 0.2) is 5.13 Å². The number of morpholine rings is 1. The Labute approximate surface area is 247 Å². The lowest BCUT2D eigenvalue weighted by Crippen LogP contribution is -2.40. The predicted molar refractivity (Wildman–Crippen MR) is 164 cm³/mol.